The molecule has 0 radical (unpaired) electrons. The number of carbonyl (C=O) groups is 1. The van der Waals surface area contributed by atoms with Gasteiger partial charge in [0.1, 0.15) is 12.3 Å². The van der Waals surface area contributed by atoms with E-state index in [1.165, 1.54) is 0 Å². The van der Waals surface area contributed by atoms with E-state index < -0.39 is 23.9 Å². The third-order valence-corrected chi connectivity index (χ3v) is 1.95. The molecule has 90 valence electrons. The molecule has 0 saturated carbocycles. The van der Waals surface area contributed by atoms with Crippen LogP contribution in [0.1, 0.15) is 20.8 Å². The van der Waals surface area contributed by atoms with E-state index in [-0.39, 0.29) is 12.4 Å². The molecular weight excluding hydrogens is 223 g/mol. The summed E-state index contributed by atoms with van der Waals surface area (Å²) in [5, 5.41) is 5.45. The van der Waals surface area contributed by atoms with Gasteiger partial charge in [-0.2, -0.15) is 0 Å². The Labute approximate surface area is 95.3 Å². The molecule has 1 saturated heterocycles. The molecule has 2 N–H and O–H groups in total. The van der Waals surface area contributed by atoms with Crippen molar-refractivity contribution in [3.63, 3.8) is 0 Å². The normalized spacial score (nSPS) is 18.4. The van der Waals surface area contributed by atoms with Crippen LogP contribution in [0.15, 0.2) is 0 Å². The average molecular weight is 241 g/mol. The van der Waals surface area contributed by atoms with Gasteiger partial charge in [0.2, 0.25) is 0 Å². The Bertz CT molecular complexity index is 221. The number of amides is 1. The van der Waals surface area contributed by atoms with Gasteiger partial charge < -0.3 is 15.4 Å². The highest BCUT2D eigenvalue weighted by Gasteiger charge is 2.39. The van der Waals surface area contributed by atoms with Gasteiger partial charge in [-0.3, -0.25) is 0 Å². The Balaban J connectivity index is 0.00000196. The van der Waals surface area contributed by atoms with Crippen molar-refractivity contribution < 1.29 is 13.9 Å². The Morgan fingerprint density at radius 1 is 1.53 bits per heavy atom. The molecule has 1 aliphatic heterocycles. The lowest BCUT2D eigenvalue weighted by molar-refractivity contribution is 0.0379. The van der Waals surface area contributed by atoms with E-state index in [2.05, 4.69) is 10.6 Å². The predicted molar refractivity (Wildman–Crippen MR) is 58.2 cm³/mol. The maximum absolute atomic E-state index is 12.6. The second kappa shape index (κ2) is 4.99. The number of ether oxygens (including phenoxy) is 1. The molecule has 15 heavy (non-hydrogen) atoms. The molecular formula is C9H18ClFN2O2. The standard InChI is InChI=1S/C9H17FN2O2.ClH/c1-8(2,3)14-7(13)12-9(4-10)5-11-6-9;/h11H,4-6H2,1-3H3,(H,12,13);1H. The number of carbonyl (C=O) groups excluding carboxylic acids is 1. The minimum Gasteiger partial charge on any atom is -0.444 e. The van der Waals surface area contributed by atoms with Crippen LogP contribution in [0, 0.1) is 0 Å². The van der Waals surface area contributed by atoms with Crippen molar-refractivity contribution in [1.82, 2.24) is 10.6 Å². The molecule has 0 unspecified atom stereocenters. The van der Waals surface area contributed by atoms with Gasteiger partial charge in [-0.05, 0) is 20.8 Å². The molecule has 0 aromatic carbocycles. The van der Waals surface area contributed by atoms with E-state index in [1.54, 1.807) is 20.8 Å². The molecule has 1 heterocycles. The molecule has 0 spiro atoms. The highest BCUT2D eigenvalue weighted by atomic mass is 35.5. The van der Waals surface area contributed by atoms with Crippen LogP contribution in [0.4, 0.5) is 9.18 Å². The smallest absolute Gasteiger partial charge is 0.408 e. The van der Waals surface area contributed by atoms with Crippen molar-refractivity contribution in [2.75, 3.05) is 19.8 Å². The predicted octanol–water partition coefficient (Wildman–Crippen LogP) is 1.24. The molecule has 0 atom stereocenters. The summed E-state index contributed by atoms with van der Waals surface area (Å²) in [5.41, 5.74) is -1.29. The zero-order valence-corrected chi connectivity index (χ0v) is 10.0. The molecule has 6 heteroatoms. The van der Waals surface area contributed by atoms with Crippen LogP contribution in [0.5, 0.6) is 0 Å². The first-order valence-electron chi connectivity index (χ1n) is 4.65. The molecule has 1 fully saturated rings. The summed E-state index contributed by atoms with van der Waals surface area (Å²) in [5.74, 6) is 0. The van der Waals surface area contributed by atoms with Crippen LogP contribution in [0.3, 0.4) is 0 Å². The third kappa shape index (κ3) is 4.22. The zero-order valence-electron chi connectivity index (χ0n) is 9.22. The summed E-state index contributed by atoms with van der Waals surface area (Å²) < 4.78 is 17.6. The Morgan fingerprint density at radius 2 is 2.07 bits per heavy atom. The summed E-state index contributed by atoms with van der Waals surface area (Å²) in [4.78, 5) is 11.3. The second-order valence-corrected chi connectivity index (χ2v) is 4.64. The maximum Gasteiger partial charge on any atom is 0.408 e. The quantitative estimate of drug-likeness (QED) is 0.764. The van der Waals surface area contributed by atoms with Crippen LogP contribution in [-0.4, -0.2) is 37.0 Å². The van der Waals surface area contributed by atoms with E-state index in [0.717, 1.165) is 0 Å². The van der Waals surface area contributed by atoms with Crippen molar-refractivity contribution in [3.8, 4) is 0 Å². The van der Waals surface area contributed by atoms with E-state index in [0.29, 0.717) is 13.1 Å². The first kappa shape index (κ1) is 14.5. The lowest BCUT2D eigenvalue weighted by atomic mass is 9.95. The van der Waals surface area contributed by atoms with Crippen LogP contribution >= 0.6 is 12.4 Å². The monoisotopic (exact) mass is 240 g/mol. The van der Waals surface area contributed by atoms with Gasteiger partial charge in [0.05, 0.1) is 5.54 Å². The molecule has 1 aliphatic rings. The molecule has 1 amide bonds. The van der Waals surface area contributed by atoms with Crippen molar-refractivity contribution in [2.24, 2.45) is 0 Å². The maximum atomic E-state index is 12.6. The molecule has 0 bridgehead atoms. The fourth-order valence-corrected chi connectivity index (χ4v) is 1.16. The lowest BCUT2D eigenvalue weighted by Gasteiger charge is -2.40. The molecule has 1 rings (SSSR count). The minimum atomic E-state index is -0.748. The summed E-state index contributed by atoms with van der Waals surface area (Å²) in [6.45, 7) is 5.67. The van der Waals surface area contributed by atoms with Gasteiger partial charge in [0, 0.05) is 13.1 Å². The largest absolute Gasteiger partial charge is 0.444 e. The van der Waals surface area contributed by atoms with Crippen molar-refractivity contribution >= 4 is 18.5 Å². The highest BCUT2D eigenvalue weighted by molar-refractivity contribution is 5.85. The average Bonchev–Trinajstić information content (AvgIpc) is 1.93. The van der Waals surface area contributed by atoms with Crippen molar-refractivity contribution in [3.05, 3.63) is 0 Å². The van der Waals surface area contributed by atoms with Gasteiger partial charge in [0.15, 0.2) is 0 Å². The number of alkyl carbamates (subject to hydrolysis) is 1. The first-order chi connectivity index (χ1) is 6.37. The van der Waals surface area contributed by atoms with Gasteiger partial charge in [0.25, 0.3) is 0 Å². The number of rotatable bonds is 2. The topological polar surface area (TPSA) is 50.4 Å². The fourth-order valence-electron chi connectivity index (χ4n) is 1.16. The summed E-state index contributed by atoms with van der Waals surface area (Å²) in [7, 11) is 0. The van der Waals surface area contributed by atoms with Gasteiger partial charge in [-0.1, -0.05) is 0 Å². The Morgan fingerprint density at radius 3 is 2.33 bits per heavy atom. The number of alkyl halides is 1. The number of hydrogen-bond acceptors (Lipinski definition) is 3. The second-order valence-electron chi connectivity index (χ2n) is 4.64. The van der Waals surface area contributed by atoms with E-state index >= 15 is 0 Å². The van der Waals surface area contributed by atoms with Crippen molar-refractivity contribution in [1.29, 1.82) is 0 Å². The molecule has 0 aromatic heterocycles. The molecule has 0 aliphatic carbocycles. The Kier molecular flexibility index (Phi) is 4.80. The van der Waals surface area contributed by atoms with Gasteiger partial charge in [-0.15, -0.1) is 12.4 Å². The first-order valence-corrected chi connectivity index (χ1v) is 4.65. The van der Waals surface area contributed by atoms with Crippen LogP contribution in [-0.2, 0) is 4.74 Å². The summed E-state index contributed by atoms with van der Waals surface area (Å²) >= 11 is 0. The highest BCUT2D eigenvalue weighted by Crippen LogP contribution is 2.13. The van der Waals surface area contributed by atoms with Gasteiger partial charge in [-0.25, -0.2) is 9.18 Å². The Hall–Kier alpha value is -0.550. The van der Waals surface area contributed by atoms with Crippen LogP contribution in [0.25, 0.3) is 0 Å². The van der Waals surface area contributed by atoms with E-state index in [4.69, 9.17) is 4.74 Å². The number of nitrogens with one attached hydrogen (secondary N) is 2. The van der Waals surface area contributed by atoms with E-state index in [9.17, 15) is 9.18 Å². The van der Waals surface area contributed by atoms with Crippen LogP contribution in [0.2, 0.25) is 0 Å². The lowest BCUT2D eigenvalue weighted by Crippen LogP contribution is -2.70. The third-order valence-electron chi connectivity index (χ3n) is 1.95. The number of halogens is 2. The van der Waals surface area contributed by atoms with Crippen molar-refractivity contribution in [2.45, 2.75) is 31.9 Å². The fraction of sp³-hybridized carbons (Fsp3) is 0.889. The van der Waals surface area contributed by atoms with Crippen LogP contribution < -0.4 is 10.6 Å². The SMILES string of the molecule is CC(C)(C)OC(=O)NC1(CF)CNC1.Cl. The van der Waals surface area contributed by atoms with E-state index in [1.807, 2.05) is 0 Å². The molecule has 4 nitrogen and oxygen atoms in total. The molecule has 0 aromatic rings. The zero-order chi connectivity index (χ0) is 10.8. The summed E-state index contributed by atoms with van der Waals surface area (Å²) in [6.07, 6.45) is -0.559. The van der Waals surface area contributed by atoms with Gasteiger partial charge >= 0.3 is 6.09 Å². The number of hydrogen-bond donors (Lipinski definition) is 2. The minimum absolute atomic E-state index is 0. The summed E-state index contributed by atoms with van der Waals surface area (Å²) in [6, 6.07) is 0.